The Kier molecular flexibility index (Phi) is 9.21. The van der Waals surface area contributed by atoms with Gasteiger partial charge in [-0.1, -0.05) is 47.5 Å². The number of fused-ring (bicyclic) bond motifs is 1. The molecule has 0 spiro atoms. The van der Waals surface area contributed by atoms with Gasteiger partial charge in [0.15, 0.2) is 18.1 Å². The lowest BCUT2D eigenvalue weighted by atomic mass is 10.1. The Morgan fingerprint density at radius 3 is 2.40 bits per heavy atom. The van der Waals surface area contributed by atoms with Crippen molar-refractivity contribution in [3.63, 3.8) is 0 Å². The smallest absolute Gasteiger partial charge is 0.282 e. The molecule has 3 aromatic carbocycles. The molecule has 0 radical (unpaired) electrons. The molecule has 4 rings (SSSR count). The van der Waals surface area contributed by atoms with E-state index < -0.39 is 0 Å². The van der Waals surface area contributed by atoms with Crippen molar-refractivity contribution < 1.29 is 19.0 Å². The molecule has 1 aromatic heterocycles. The number of halogens is 1. The zero-order valence-electron chi connectivity index (χ0n) is 23.0. The van der Waals surface area contributed by atoms with E-state index in [4.69, 9.17) is 19.2 Å². The maximum Gasteiger partial charge on any atom is 0.282 e. The average Bonchev–Trinajstić information content (AvgIpc) is 2.96. The number of nitrogens with zero attached hydrogens (tertiary/aromatic N) is 3. The van der Waals surface area contributed by atoms with Gasteiger partial charge in [0.25, 0.3) is 11.5 Å². The lowest BCUT2D eigenvalue weighted by molar-refractivity contribution is -0.118. The van der Waals surface area contributed by atoms with Gasteiger partial charge < -0.3 is 19.5 Å². The SMILES string of the molecule is CC[C@H](C)c1nc2ccc(Br)cc2c(=O)n1N=Cc1cc(OC)c(OCC(=O)Nc2ccc(C)cc2)c(OC)c1. The van der Waals surface area contributed by atoms with Crippen LogP contribution in [0.4, 0.5) is 5.69 Å². The van der Waals surface area contributed by atoms with E-state index in [1.807, 2.05) is 57.2 Å². The quantitative estimate of drug-likeness (QED) is 0.225. The first-order chi connectivity index (χ1) is 19.2. The Hall–Kier alpha value is -4.18. The predicted octanol–water partition coefficient (Wildman–Crippen LogP) is 5.90. The van der Waals surface area contributed by atoms with E-state index in [1.165, 1.54) is 25.1 Å². The molecule has 10 heteroatoms. The molecule has 0 aliphatic rings. The number of ether oxygens (including phenoxy) is 3. The van der Waals surface area contributed by atoms with Gasteiger partial charge >= 0.3 is 0 Å². The Morgan fingerprint density at radius 1 is 1.10 bits per heavy atom. The largest absolute Gasteiger partial charge is 0.493 e. The average molecular weight is 608 g/mol. The van der Waals surface area contributed by atoms with Crippen molar-refractivity contribution in [2.24, 2.45) is 5.10 Å². The molecule has 4 aromatic rings. The van der Waals surface area contributed by atoms with Gasteiger partial charge in [-0.15, -0.1) is 0 Å². The molecule has 1 atom stereocenters. The number of carbonyl (C=O) groups is 1. The Morgan fingerprint density at radius 2 is 1.77 bits per heavy atom. The van der Waals surface area contributed by atoms with Gasteiger partial charge in [-0.05, 0) is 55.8 Å². The summed E-state index contributed by atoms with van der Waals surface area (Å²) in [4.78, 5) is 30.6. The summed E-state index contributed by atoms with van der Waals surface area (Å²) >= 11 is 3.43. The summed E-state index contributed by atoms with van der Waals surface area (Å²) in [5, 5.41) is 7.77. The van der Waals surface area contributed by atoms with Crippen LogP contribution in [-0.2, 0) is 4.79 Å². The minimum absolute atomic E-state index is 0.00352. The first kappa shape index (κ1) is 28.8. The van der Waals surface area contributed by atoms with Gasteiger partial charge in [0, 0.05) is 21.6 Å². The van der Waals surface area contributed by atoms with Crippen molar-refractivity contribution in [1.29, 1.82) is 0 Å². The molecule has 0 bridgehead atoms. The molecule has 1 N–H and O–H groups in total. The molecule has 0 saturated carbocycles. The van der Waals surface area contributed by atoms with E-state index >= 15 is 0 Å². The summed E-state index contributed by atoms with van der Waals surface area (Å²) in [5.74, 6) is 1.21. The maximum absolute atomic E-state index is 13.4. The second-order valence-corrected chi connectivity index (χ2v) is 10.2. The molecule has 0 saturated heterocycles. The van der Waals surface area contributed by atoms with Crippen molar-refractivity contribution in [3.8, 4) is 17.2 Å². The lowest BCUT2D eigenvalue weighted by Crippen LogP contribution is -2.23. The third kappa shape index (κ3) is 6.51. The first-order valence-electron chi connectivity index (χ1n) is 12.8. The van der Waals surface area contributed by atoms with Gasteiger partial charge in [0.1, 0.15) is 5.82 Å². The fraction of sp³-hybridized carbons (Fsp3) is 0.267. The van der Waals surface area contributed by atoms with E-state index in [-0.39, 0.29) is 29.7 Å². The van der Waals surface area contributed by atoms with Crippen LogP contribution in [0.2, 0.25) is 0 Å². The van der Waals surface area contributed by atoms with Crippen LogP contribution in [-0.4, -0.2) is 42.6 Å². The number of methoxy groups -OCH3 is 2. The normalized spacial score (nSPS) is 11.9. The molecule has 0 aliphatic heterocycles. The van der Waals surface area contributed by atoms with Crippen molar-refractivity contribution in [2.45, 2.75) is 33.1 Å². The van der Waals surface area contributed by atoms with E-state index in [0.29, 0.717) is 39.5 Å². The van der Waals surface area contributed by atoms with Crippen LogP contribution < -0.4 is 25.1 Å². The molecule has 0 fully saturated rings. The van der Waals surface area contributed by atoms with Crippen LogP contribution in [0.3, 0.4) is 0 Å². The number of anilines is 1. The Balaban J connectivity index is 1.63. The van der Waals surface area contributed by atoms with Crippen molar-refractivity contribution in [1.82, 2.24) is 9.66 Å². The molecule has 40 heavy (non-hydrogen) atoms. The number of carbonyl (C=O) groups excluding carboxylic acids is 1. The lowest BCUT2D eigenvalue weighted by Gasteiger charge is -2.16. The third-order valence-electron chi connectivity index (χ3n) is 6.37. The monoisotopic (exact) mass is 606 g/mol. The summed E-state index contributed by atoms with van der Waals surface area (Å²) in [7, 11) is 2.98. The van der Waals surface area contributed by atoms with Crippen LogP contribution >= 0.6 is 15.9 Å². The van der Waals surface area contributed by atoms with Crippen LogP contribution in [0.1, 0.15) is 43.1 Å². The second-order valence-electron chi connectivity index (χ2n) is 9.26. The molecule has 1 heterocycles. The summed E-state index contributed by atoms with van der Waals surface area (Å²) in [6, 6.07) is 16.3. The topological polar surface area (TPSA) is 104 Å². The fourth-order valence-corrected chi connectivity index (χ4v) is 4.35. The number of aromatic nitrogens is 2. The van der Waals surface area contributed by atoms with Gasteiger partial charge in [0.05, 0.1) is 31.3 Å². The molecular weight excluding hydrogens is 576 g/mol. The van der Waals surface area contributed by atoms with Crippen molar-refractivity contribution in [3.05, 3.63) is 86.4 Å². The highest BCUT2D eigenvalue weighted by atomic mass is 79.9. The highest BCUT2D eigenvalue weighted by Gasteiger charge is 2.18. The Labute approximate surface area is 240 Å². The molecule has 1 amide bonds. The summed E-state index contributed by atoms with van der Waals surface area (Å²) in [6.07, 6.45) is 2.33. The van der Waals surface area contributed by atoms with E-state index in [1.54, 1.807) is 18.2 Å². The van der Waals surface area contributed by atoms with Gasteiger partial charge in [-0.2, -0.15) is 9.78 Å². The van der Waals surface area contributed by atoms with Crippen LogP contribution in [0.5, 0.6) is 17.2 Å². The number of amides is 1. The predicted molar refractivity (Wildman–Crippen MR) is 160 cm³/mol. The zero-order valence-corrected chi connectivity index (χ0v) is 24.6. The molecule has 0 aliphatic carbocycles. The van der Waals surface area contributed by atoms with Gasteiger partial charge in [-0.3, -0.25) is 9.59 Å². The summed E-state index contributed by atoms with van der Waals surface area (Å²) in [6.45, 7) is 5.76. The number of benzene rings is 3. The number of hydrogen-bond donors (Lipinski definition) is 1. The van der Waals surface area contributed by atoms with Crippen molar-refractivity contribution >= 4 is 44.6 Å². The second kappa shape index (κ2) is 12.8. The first-order valence-corrected chi connectivity index (χ1v) is 13.5. The number of hydrogen-bond acceptors (Lipinski definition) is 7. The van der Waals surface area contributed by atoms with Gasteiger partial charge in [0.2, 0.25) is 5.75 Å². The highest BCUT2D eigenvalue weighted by molar-refractivity contribution is 9.10. The number of nitrogens with one attached hydrogen (secondary N) is 1. The standard InChI is InChI=1S/C30H31BrN4O5/c1-6-19(3)29-34-24-12-9-21(31)15-23(24)30(37)35(29)32-16-20-13-25(38-4)28(26(14-20)39-5)40-17-27(36)33-22-10-7-18(2)8-11-22/h7-16,19H,6,17H2,1-5H3,(H,33,36)/t19-/m0/s1. The maximum atomic E-state index is 13.4. The molecule has 0 unspecified atom stereocenters. The minimum atomic E-state index is -0.328. The molecular formula is C30H31BrN4O5. The van der Waals surface area contributed by atoms with Gasteiger partial charge in [-0.25, -0.2) is 4.98 Å². The van der Waals surface area contributed by atoms with E-state index in [9.17, 15) is 9.59 Å². The zero-order chi connectivity index (χ0) is 28.8. The van der Waals surface area contributed by atoms with Crippen LogP contribution in [0.25, 0.3) is 10.9 Å². The van der Waals surface area contributed by atoms with E-state index in [0.717, 1.165) is 16.5 Å². The fourth-order valence-electron chi connectivity index (χ4n) is 3.99. The van der Waals surface area contributed by atoms with E-state index in [2.05, 4.69) is 26.3 Å². The highest BCUT2D eigenvalue weighted by Crippen LogP contribution is 2.38. The van der Waals surface area contributed by atoms with Crippen molar-refractivity contribution in [2.75, 3.05) is 26.1 Å². The van der Waals surface area contributed by atoms with Crippen LogP contribution in [0, 0.1) is 6.92 Å². The molecule has 9 nitrogen and oxygen atoms in total. The summed E-state index contributed by atoms with van der Waals surface area (Å²) in [5.41, 5.74) is 2.72. The number of rotatable bonds is 10. The third-order valence-corrected chi connectivity index (χ3v) is 6.87. The number of aryl methyl sites for hydroxylation is 1. The van der Waals surface area contributed by atoms with Crippen LogP contribution in [0.15, 0.2) is 69.0 Å². The minimum Gasteiger partial charge on any atom is -0.493 e. The molecule has 208 valence electrons. The Bertz CT molecular complexity index is 1590. The summed E-state index contributed by atoms with van der Waals surface area (Å²) < 4.78 is 19.0.